The van der Waals surface area contributed by atoms with Crippen LogP contribution in [0.4, 0.5) is 4.39 Å². The molecule has 1 heterocycles. The van der Waals surface area contributed by atoms with Crippen LogP contribution in [-0.2, 0) is 6.54 Å². The quantitative estimate of drug-likeness (QED) is 0.835. The molecule has 3 heteroatoms. The summed E-state index contributed by atoms with van der Waals surface area (Å²) < 4.78 is 12.7. The fraction of sp³-hybridized carbons (Fsp3) is 0.538. The second-order valence-electron chi connectivity index (χ2n) is 5.05. The van der Waals surface area contributed by atoms with Crippen molar-refractivity contribution >= 4 is 0 Å². The van der Waals surface area contributed by atoms with Crippen LogP contribution < -0.4 is 5.73 Å². The maximum absolute atomic E-state index is 12.7. The highest BCUT2D eigenvalue weighted by Crippen LogP contribution is 2.51. The van der Waals surface area contributed by atoms with E-state index in [1.807, 2.05) is 12.1 Å². The van der Waals surface area contributed by atoms with E-state index in [9.17, 15) is 4.39 Å². The smallest absolute Gasteiger partial charge is 0.123 e. The molecule has 2 atom stereocenters. The largest absolute Gasteiger partial charge is 0.330 e. The van der Waals surface area contributed by atoms with Crippen LogP contribution >= 0.6 is 0 Å². The Morgan fingerprint density at radius 1 is 1.19 bits per heavy atom. The number of fused-ring (bicyclic) bond motifs is 1. The summed E-state index contributed by atoms with van der Waals surface area (Å²) in [4.78, 5) is 2.45. The predicted molar refractivity (Wildman–Crippen MR) is 61.2 cm³/mol. The zero-order chi connectivity index (χ0) is 11.1. The minimum absolute atomic E-state index is 0.156. The lowest BCUT2D eigenvalue weighted by Crippen LogP contribution is -2.25. The molecular weight excluding hydrogens is 203 g/mol. The van der Waals surface area contributed by atoms with Gasteiger partial charge in [-0.1, -0.05) is 12.1 Å². The maximum Gasteiger partial charge on any atom is 0.123 e. The van der Waals surface area contributed by atoms with Crippen molar-refractivity contribution in [2.45, 2.75) is 6.54 Å². The van der Waals surface area contributed by atoms with Crippen molar-refractivity contribution in [3.05, 3.63) is 35.6 Å². The summed E-state index contributed by atoms with van der Waals surface area (Å²) in [5, 5.41) is 0. The van der Waals surface area contributed by atoms with Crippen LogP contribution in [-0.4, -0.2) is 24.5 Å². The molecule has 0 aromatic heterocycles. The van der Waals surface area contributed by atoms with Crippen LogP contribution in [0, 0.1) is 23.6 Å². The van der Waals surface area contributed by atoms with Crippen molar-refractivity contribution < 1.29 is 4.39 Å². The summed E-state index contributed by atoms with van der Waals surface area (Å²) in [6.45, 7) is 4.14. The van der Waals surface area contributed by atoms with Crippen LogP contribution in [0.2, 0.25) is 0 Å². The van der Waals surface area contributed by atoms with Gasteiger partial charge in [0, 0.05) is 19.6 Å². The molecule has 1 aromatic rings. The van der Waals surface area contributed by atoms with Gasteiger partial charge in [0.25, 0.3) is 0 Å². The molecule has 2 N–H and O–H groups in total. The van der Waals surface area contributed by atoms with Gasteiger partial charge in [-0.15, -0.1) is 0 Å². The number of hydrogen-bond acceptors (Lipinski definition) is 2. The van der Waals surface area contributed by atoms with E-state index < -0.39 is 0 Å². The van der Waals surface area contributed by atoms with E-state index in [-0.39, 0.29) is 5.82 Å². The highest BCUT2D eigenvalue weighted by Gasteiger charge is 2.54. The van der Waals surface area contributed by atoms with Crippen molar-refractivity contribution in [3.8, 4) is 0 Å². The highest BCUT2D eigenvalue weighted by molar-refractivity contribution is 5.17. The lowest BCUT2D eigenvalue weighted by molar-refractivity contribution is 0.279. The number of nitrogens with zero attached hydrogens (tertiary/aromatic N) is 1. The van der Waals surface area contributed by atoms with Gasteiger partial charge in [0.1, 0.15) is 5.82 Å². The average molecular weight is 220 g/mol. The molecule has 2 aliphatic rings. The first-order valence-electron chi connectivity index (χ1n) is 5.95. The molecule has 3 rings (SSSR count). The lowest BCUT2D eigenvalue weighted by Gasteiger charge is -2.19. The highest BCUT2D eigenvalue weighted by atomic mass is 19.1. The van der Waals surface area contributed by atoms with Gasteiger partial charge < -0.3 is 5.73 Å². The van der Waals surface area contributed by atoms with Crippen molar-refractivity contribution in [2.75, 3.05) is 19.6 Å². The predicted octanol–water partition coefficient (Wildman–Crippen LogP) is 1.46. The number of rotatable bonds is 3. The van der Waals surface area contributed by atoms with Gasteiger partial charge in [0.2, 0.25) is 0 Å². The first kappa shape index (κ1) is 10.2. The second kappa shape index (κ2) is 3.82. The van der Waals surface area contributed by atoms with Crippen molar-refractivity contribution in [1.82, 2.24) is 4.90 Å². The van der Waals surface area contributed by atoms with Crippen molar-refractivity contribution in [3.63, 3.8) is 0 Å². The number of piperidine rings is 1. The van der Waals surface area contributed by atoms with Gasteiger partial charge in [-0.3, -0.25) is 4.90 Å². The van der Waals surface area contributed by atoms with Gasteiger partial charge >= 0.3 is 0 Å². The molecule has 0 amide bonds. The van der Waals surface area contributed by atoms with Gasteiger partial charge in [0.05, 0.1) is 0 Å². The summed E-state index contributed by atoms with van der Waals surface area (Å²) in [6.07, 6.45) is 0. The zero-order valence-corrected chi connectivity index (χ0v) is 9.27. The summed E-state index contributed by atoms with van der Waals surface area (Å²) in [5.74, 6) is 2.30. The monoisotopic (exact) mass is 220 g/mol. The van der Waals surface area contributed by atoms with E-state index in [0.717, 1.165) is 30.8 Å². The third-order valence-electron chi connectivity index (χ3n) is 4.04. The van der Waals surface area contributed by atoms with E-state index in [0.29, 0.717) is 0 Å². The van der Waals surface area contributed by atoms with Gasteiger partial charge in [0.15, 0.2) is 0 Å². The molecule has 2 unspecified atom stereocenters. The van der Waals surface area contributed by atoms with E-state index in [1.165, 1.54) is 30.8 Å². The Kier molecular flexibility index (Phi) is 2.45. The molecule has 1 saturated carbocycles. The fourth-order valence-corrected chi connectivity index (χ4v) is 3.06. The number of halogens is 1. The van der Waals surface area contributed by atoms with Gasteiger partial charge in [-0.2, -0.15) is 0 Å². The molecule has 0 spiro atoms. The Hall–Kier alpha value is -0.930. The van der Waals surface area contributed by atoms with E-state index in [1.54, 1.807) is 0 Å². The number of hydrogen-bond donors (Lipinski definition) is 1. The molecule has 16 heavy (non-hydrogen) atoms. The van der Waals surface area contributed by atoms with Crippen molar-refractivity contribution in [2.24, 2.45) is 23.5 Å². The summed E-state index contributed by atoms with van der Waals surface area (Å²) in [6, 6.07) is 6.82. The molecule has 0 radical (unpaired) electrons. The third kappa shape index (κ3) is 1.74. The lowest BCUT2D eigenvalue weighted by atomic mass is 10.2. The minimum Gasteiger partial charge on any atom is -0.330 e. The molecular formula is C13H17FN2. The Bertz CT molecular complexity index is 364. The SMILES string of the molecule is NCC1C2CN(Cc3ccc(F)cc3)CC12. The van der Waals surface area contributed by atoms with Crippen LogP contribution in [0.5, 0.6) is 0 Å². The van der Waals surface area contributed by atoms with Gasteiger partial charge in [-0.25, -0.2) is 4.39 Å². The molecule has 0 bridgehead atoms. The van der Waals surface area contributed by atoms with Crippen LogP contribution in [0.3, 0.4) is 0 Å². The Labute approximate surface area is 95.2 Å². The number of nitrogens with two attached hydrogens (primary N) is 1. The fourth-order valence-electron chi connectivity index (χ4n) is 3.06. The molecule has 1 saturated heterocycles. The Balaban J connectivity index is 1.56. The summed E-state index contributed by atoms with van der Waals surface area (Å²) in [7, 11) is 0. The molecule has 2 fully saturated rings. The first-order valence-corrected chi connectivity index (χ1v) is 5.95. The topological polar surface area (TPSA) is 29.3 Å². The van der Waals surface area contributed by atoms with Crippen LogP contribution in [0.25, 0.3) is 0 Å². The zero-order valence-electron chi connectivity index (χ0n) is 9.27. The standard InChI is InChI=1S/C13H17FN2/c14-10-3-1-9(2-4-10)6-16-7-12-11(5-15)13(12)8-16/h1-4,11-13H,5-8,15H2. The van der Waals surface area contributed by atoms with E-state index in [2.05, 4.69) is 4.90 Å². The second-order valence-corrected chi connectivity index (χ2v) is 5.05. The third-order valence-corrected chi connectivity index (χ3v) is 4.04. The Morgan fingerprint density at radius 3 is 2.38 bits per heavy atom. The molecule has 86 valence electrons. The maximum atomic E-state index is 12.7. The molecule has 1 aliphatic carbocycles. The normalized spacial score (nSPS) is 32.8. The molecule has 1 aromatic carbocycles. The van der Waals surface area contributed by atoms with Gasteiger partial charge in [-0.05, 0) is 42.0 Å². The first-order chi connectivity index (χ1) is 7.78. The Morgan fingerprint density at radius 2 is 1.81 bits per heavy atom. The van der Waals surface area contributed by atoms with Crippen LogP contribution in [0.1, 0.15) is 5.56 Å². The number of benzene rings is 1. The van der Waals surface area contributed by atoms with Crippen LogP contribution in [0.15, 0.2) is 24.3 Å². The molecule has 2 nitrogen and oxygen atoms in total. The molecule has 1 aliphatic heterocycles. The average Bonchev–Trinajstić information content (AvgIpc) is 2.76. The van der Waals surface area contributed by atoms with Crippen molar-refractivity contribution in [1.29, 1.82) is 0 Å². The summed E-state index contributed by atoms with van der Waals surface area (Å²) >= 11 is 0. The minimum atomic E-state index is -0.156. The summed E-state index contributed by atoms with van der Waals surface area (Å²) in [5.41, 5.74) is 6.88. The van der Waals surface area contributed by atoms with E-state index >= 15 is 0 Å². The van der Waals surface area contributed by atoms with E-state index in [4.69, 9.17) is 5.73 Å². The number of likely N-dealkylation sites (tertiary alicyclic amines) is 1.